The number of nitrogens with two attached hydrogens (primary N) is 1. The number of β-lactam (4-membered cyclic amide) rings is 1. The van der Waals surface area contributed by atoms with E-state index in [-0.39, 0.29) is 28.2 Å². The monoisotopic (exact) mass is 577 g/mol. The molecule has 198 valence electrons. The topological polar surface area (TPSA) is 200 Å². The second-order valence-corrected chi connectivity index (χ2v) is 10.8. The van der Waals surface area contributed by atoms with Gasteiger partial charge in [0.1, 0.15) is 30.5 Å². The number of hydrogen-bond acceptors (Lipinski definition) is 14. The highest BCUT2D eigenvalue weighted by molar-refractivity contribution is 8.01. The quantitative estimate of drug-likeness (QED) is 0.0853. The molecule has 15 nitrogen and oxygen atoms in total. The number of nitrogen functional groups attached to an aromatic ring is 1. The van der Waals surface area contributed by atoms with Crippen LogP contribution in [-0.2, 0) is 19.2 Å². The van der Waals surface area contributed by atoms with Gasteiger partial charge in [0.15, 0.2) is 21.6 Å². The molecule has 38 heavy (non-hydrogen) atoms. The highest BCUT2D eigenvalue weighted by Crippen LogP contribution is 2.42. The molecule has 2 atom stereocenters. The van der Waals surface area contributed by atoms with Gasteiger partial charge in [-0.3, -0.25) is 14.5 Å². The Morgan fingerprint density at radius 3 is 2.92 bits per heavy atom. The zero-order valence-electron chi connectivity index (χ0n) is 19.7. The molecule has 18 heteroatoms. The number of oxime groups is 1. The fourth-order valence-corrected chi connectivity index (χ4v) is 6.77. The van der Waals surface area contributed by atoms with Crippen LogP contribution in [-0.4, -0.2) is 88.3 Å². The van der Waals surface area contributed by atoms with E-state index in [9.17, 15) is 19.5 Å². The Hall–Kier alpha value is -3.90. The van der Waals surface area contributed by atoms with E-state index in [1.807, 2.05) is 6.92 Å². The van der Waals surface area contributed by atoms with E-state index >= 15 is 0 Å². The van der Waals surface area contributed by atoms with E-state index in [4.69, 9.17) is 15.3 Å². The van der Waals surface area contributed by atoms with Crippen LogP contribution in [0.1, 0.15) is 11.4 Å². The normalized spacial score (nSPS) is 19.3. The SMILES string of the molecule is CO/N=C(\C(=O)N[C@@H]1C(=O)N2C(OC(=O)O)=C(CSc3nc(C)cc4ncnn34)CS[C@H]12)c1csc(N)n1. The van der Waals surface area contributed by atoms with Gasteiger partial charge in [-0.25, -0.2) is 19.7 Å². The molecule has 0 saturated carbocycles. The lowest BCUT2D eigenvalue weighted by Crippen LogP contribution is -2.70. The molecule has 2 amide bonds. The Morgan fingerprint density at radius 2 is 2.21 bits per heavy atom. The first-order valence-corrected chi connectivity index (χ1v) is 13.7. The van der Waals surface area contributed by atoms with Gasteiger partial charge in [-0.05, 0) is 6.92 Å². The van der Waals surface area contributed by atoms with Crippen LogP contribution in [0.15, 0.2) is 39.5 Å². The molecule has 5 rings (SSSR count). The molecule has 0 bridgehead atoms. The Morgan fingerprint density at radius 1 is 1.39 bits per heavy atom. The second kappa shape index (κ2) is 10.5. The number of aromatic nitrogens is 5. The maximum atomic E-state index is 13.1. The van der Waals surface area contributed by atoms with Gasteiger partial charge in [0.2, 0.25) is 5.88 Å². The number of anilines is 1. The molecule has 5 heterocycles. The predicted octanol–water partition coefficient (Wildman–Crippen LogP) is 0.920. The third kappa shape index (κ3) is 4.84. The molecular weight excluding hydrogens is 558 g/mol. The molecule has 0 unspecified atom stereocenters. The third-order valence-corrected chi connectivity index (χ3v) is 8.40. The lowest BCUT2D eigenvalue weighted by molar-refractivity contribution is -0.148. The molecule has 2 aliphatic rings. The summed E-state index contributed by atoms with van der Waals surface area (Å²) in [6, 6.07) is 0.843. The number of thioether (sulfide) groups is 2. The number of ether oxygens (including phenoxy) is 1. The van der Waals surface area contributed by atoms with Crippen LogP contribution in [0.2, 0.25) is 0 Å². The highest BCUT2D eigenvalue weighted by atomic mass is 32.2. The first-order chi connectivity index (χ1) is 18.3. The van der Waals surface area contributed by atoms with Crippen molar-refractivity contribution in [2.75, 3.05) is 24.3 Å². The number of nitrogens with zero attached hydrogens (tertiary/aromatic N) is 7. The van der Waals surface area contributed by atoms with Crippen LogP contribution >= 0.6 is 34.9 Å². The van der Waals surface area contributed by atoms with Crippen molar-refractivity contribution in [2.24, 2.45) is 5.16 Å². The van der Waals surface area contributed by atoms with E-state index in [2.05, 4.69) is 30.5 Å². The number of rotatable bonds is 8. The summed E-state index contributed by atoms with van der Waals surface area (Å²) in [7, 11) is 1.27. The average molecular weight is 578 g/mol. The van der Waals surface area contributed by atoms with Gasteiger partial charge in [0, 0.05) is 34.2 Å². The number of carbonyl (C=O) groups excluding carboxylic acids is 2. The summed E-state index contributed by atoms with van der Waals surface area (Å²) in [5.41, 5.74) is 7.66. The molecule has 3 aromatic heterocycles. The van der Waals surface area contributed by atoms with Crippen LogP contribution in [0.25, 0.3) is 5.65 Å². The summed E-state index contributed by atoms with van der Waals surface area (Å²) in [5.74, 6) is -0.667. The van der Waals surface area contributed by atoms with Crippen LogP contribution in [0.4, 0.5) is 9.93 Å². The average Bonchev–Trinajstić information content (AvgIpc) is 3.52. The number of hydrogen-bond donors (Lipinski definition) is 3. The zero-order chi connectivity index (χ0) is 27.0. The Bertz CT molecular complexity index is 1500. The van der Waals surface area contributed by atoms with E-state index in [1.54, 1.807) is 16.0 Å². The van der Waals surface area contributed by atoms with Gasteiger partial charge in [0.25, 0.3) is 11.8 Å². The molecule has 3 aromatic rings. The molecule has 0 aromatic carbocycles. The van der Waals surface area contributed by atoms with E-state index in [0.29, 0.717) is 22.1 Å². The van der Waals surface area contributed by atoms with Crippen molar-refractivity contribution in [3.8, 4) is 0 Å². The van der Waals surface area contributed by atoms with Crippen molar-refractivity contribution in [3.63, 3.8) is 0 Å². The maximum Gasteiger partial charge on any atom is 0.512 e. The molecular formula is C20H19N9O6S3. The number of carbonyl (C=O) groups is 3. The number of nitrogens with one attached hydrogen (secondary N) is 1. The van der Waals surface area contributed by atoms with Crippen LogP contribution in [0.3, 0.4) is 0 Å². The summed E-state index contributed by atoms with van der Waals surface area (Å²) >= 11 is 3.79. The number of aryl methyl sites for hydroxylation is 1. The van der Waals surface area contributed by atoms with Crippen LogP contribution < -0.4 is 11.1 Å². The summed E-state index contributed by atoms with van der Waals surface area (Å²) in [6.45, 7) is 1.83. The predicted molar refractivity (Wildman–Crippen MR) is 137 cm³/mol. The minimum atomic E-state index is -1.56. The first-order valence-electron chi connectivity index (χ1n) is 10.8. The van der Waals surface area contributed by atoms with Crippen molar-refractivity contribution in [2.45, 2.75) is 23.5 Å². The van der Waals surface area contributed by atoms with Crippen molar-refractivity contribution >= 4 is 69.3 Å². The largest absolute Gasteiger partial charge is 0.512 e. The second-order valence-electron chi connectivity index (χ2n) is 7.83. The van der Waals surface area contributed by atoms with Gasteiger partial charge in [-0.1, -0.05) is 16.9 Å². The fraction of sp³-hybridized carbons (Fsp3) is 0.300. The van der Waals surface area contributed by atoms with Crippen molar-refractivity contribution in [3.05, 3.63) is 40.6 Å². The molecule has 4 N–H and O–H groups in total. The molecule has 1 fully saturated rings. The smallest absolute Gasteiger partial charge is 0.449 e. The summed E-state index contributed by atoms with van der Waals surface area (Å²) in [5, 5.41) is 21.6. The molecule has 2 aliphatic heterocycles. The minimum absolute atomic E-state index is 0.0789. The molecule has 0 aliphatic carbocycles. The van der Waals surface area contributed by atoms with Crippen molar-refractivity contribution in [1.82, 2.24) is 34.8 Å². The highest BCUT2D eigenvalue weighted by Gasteiger charge is 2.54. The Labute approximate surface area is 226 Å². The van der Waals surface area contributed by atoms with Gasteiger partial charge < -0.3 is 25.7 Å². The lowest BCUT2D eigenvalue weighted by Gasteiger charge is -2.49. The lowest BCUT2D eigenvalue weighted by atomic mass is 10.1. The van der Waals surface area contributed by atoms with Crippen molar-refractivity contribution in [1.29, 1.82) is 0 Å². The van der Waals surface area contributed by atoms with Crippen LogP contribution in [0.5, 0.6) is 0 Å². The van der Waals surface area contributed by atoms with Crippen LogP contribution in [0, 0.1) is 6.92 Å². The third-order valence-electron chi connectivity index (χ3n) is 5.37. The minimum Gasteiger partial charge on any atom is -0.449 e. The van der Waals surface area contributed by atoms with Gasteiger partial charge >= 0.3 is 6.16 Å². The van der Waals surface area contributed by atoms with E-state index in [0.717, 1.165) is 17.0 Å². The molecule has 1 saturated heterocycles. The summed E-state index contributed by atoms with van der Waals surface area (Å²) < 4.78 is 6.62. The standard InChI is InChI=1S/C20H19N9O6S3/c1-8-3-11-22-7-23-29(11)19(24-8)38-5-9-4-36-17-13(15(31)28(17)16(9)35-20(32)33)26-14(30)12(27-34-2)10-6-37-18(21)25-10/h3,6-7,13,17H,4-5H2,1-2H3,(H2,21,25)(H,26,30)(H,32,33)/b27-12-/t13-,17-/m1/s1. The number of amides is 2. The van der Waals surface area contributed by atoms with Crippen molar-refractivity contribution < 1.29 is 29.1 Å². The van der Waals surface area contributed by atoms with Gasteiger partial charge in [0.05, 0.1) is 0 Å². The molecule has 0 radical (unpaired) electrons. The van der Waals surface area contributed by atoms with E-state index in [1.165, 1.54) is 41.9 Å². The van der Waals surface area contributed by atoms with Gasteiger partial charge in [-0.2, -0.15) is 9.61 Å². The molecule has 0 spiro atoms. The summed E-state index contributed by atoms with van der Waals surface area (Å²) in [4.78, 5) is 56.2. The Balaban J connectivity index is 1.34. The first kappa shape index (κ1) is 25.7. The summed E-state index contributed by atoms with van der Waals surface area (Å²) in [6.07, 6.45) is -0.143. The van der Waals surface area contributed by atoms with E-state index < -0.39 is 29.4 Å². The fourth-order valence-electron chi connectivity index (χ4n) is 3.77. The number of fused-ring (bicyclic) bond motifs is 2. The Kier molecular flexibility index (Phi) is 7.09. The maximum absolute atomic E-state index is 13.1. The van der Waals surface area contributed by atoms with Gasteiger partial charge in [-0.15, -0.1) is 23.1 Å². The number of carboxylic acid groups (broad SMARTS) is 1. The zero-order valence-corrected chi connectivity index (χ0v) is 22.2. The number of thiazole rings is 1.